The SMILES string of the molecule is CCOc1cccc2cc(C(=O)N(Cc3ccco3)c3nc4c(C)ccc(Cl)c4s3)oc12. The molecule has 0 saturated heterocycles. The van der Waals surface area contributed by atoms with Gasteiger partial charge in [-0.05, 0) is 49.7 Å². The second-order valence-corrected chi connectivity index (χ2v) is 8.61. The molecule has 5 rings (SSSR count). The maximum absolute atomic E-state index is 13.6. The molecule has 0 radical (unpaired) electrons. The van der Waals surface area contributed by atoms with E-state index < -0.39 is 0 Å². The predicted molar refractivity (Wildman–Crippen MR) is 126 cm³/mol. The third kappa shape index (κ3) is 3.63. The third-order valence-corrected chi connectivity index (χ3v) is 6.61. The number of hydrogen-bond donors (Lipinski definition) is 0. The van der Waals surface area contributed by atoms with Crippen molar-refractivity contribution in [2.24, 2.45) is 0 Å². The van der Waals surface area contributed by atoms with Gasteiger partial charge in [-0.15, -0.1) is 0 Å². The molecule has 1 amide bonds. The molecule has 0 N–H and O–H groups in total. The summed E-state index contributed by atoms with van der Waals surface area (Å²) in [5.41, 5.74) is 2.30. The summed E-state index contributed by atoms with van der Waals surface area (Å²) in [6.45, 7) is 4.58. The van der Waals surface area contributed by atoms with Crippen molar-refractivity contribution in [2.45, 2.75) is 20.4 Å². The fourth-order valence-electron chi connectivity index (χ4n) is 3.53. The number of fused-ring (bicyclic) bond motifs is 2. The first-order valence-corrected chi connectivity index (χ1v) is 11.3. The van der Waals surface area contributed by atoms with Gasteiger partial charge in [0.2, 0.25) is 0 Å². The lowest BCUT2D eigenvalue weighted by Crippen LogP contribution is -2.29. The highest BCUT2D eigenvalue weighted by atomic mass is 35.5. The van der Waals surface area contributed by atoms with E-state index in [1.807, 2.05) is 50.2 Å². The zero-order valence-corrected chi connectivity index (χ0v) is 19.0. The summed E-state index contributed by atoms with van der Waals surface area (Å²) in [5, 5.41) is 1.91. The Kier molecular flexibility index (Phi) is 5.36. The van der Waals surface area contributed by atoms with Crippen LogP contribution in [-0.4, -0.2) is 17.5 Å². The Bertz CT molecular complexity index is 1380. The number of amides is 1. The first-order valence-electron chi connectivity index (χ1n) is 10.1. The molecule has 162 valence electrons. The summed E-state index contributed by atoms with van der Waals surface area (Å²) in [6.07, 6.45) is 1.58. The van der Waals surface area contributed by atoms with Gasteiger partial charge in [-0.25, -0.2) is 4.98 Å². The van der Waals surface area contributed by atoms with Crippen molar-refractivity contribution in [3.05, 3.63) is 76.9 Å². The van der Waals surface area contributed by atoms with Crippen LogP contribution in [0.4, 0.5) is 5.13 Å². The molecule has 0 atom stereocenters. The number of ether oxygens (including phenoxy) is 1. The van der Waals surface area contributed by atoms with Gasteiger partial charge in [0.15, 0.2) is 22.2 Å². The lowest BCUT2D eigenvalue weighted by Gasteiger charge is -2.17. The van der Waals surface area contributed by atoms with E-state index in [2.05, 4.69) is 0 Å². The first kappa shape index (κ1) is 20.6. The van der Waals surface area contributed by atoms with E-state index >= 15 is 0 Å². The van der Waals surface area contributed by atoms with E-state index in [0.717, 1.165) is 21.2 Å². The van der Waals surface area contributed by atoms with Gasteiger partial charge in [0.25, 0.3) is 5.91 Å². The summed E-state index contributed by atoms with van der Waals surface area (Å²) in [7, 11) is 0. The van der Waals surface area contributed by atoms with Crippen LogP contribution in [-0.2, 0) is 6.54 Å². The Labute approximate surface area is 193 Å². The smallest absolute Gasteiger partial charge is 0.296 e. The number of thiazole rings is 1. The number of benzene rings is 2. The molecule has 2 aromatic carbocycles. The molecule has 0 aliphatic carbocycles. The Hall–Kier alpha value is -3.29. The topological polar surface area (TPSA) is 68.7 Å². The molecule has 32 heavy (non-hydrogen) atoms. The standard InChI is InChI=1S/C24H19ClN2O4S/c1-3-29-18-8-4-6-15-12-19(31-21(15)18)23(28)27(13-16-7-5-11-30-16)24-26-20-14(2)9-10-17(25)22(20)32-24/h4-12H,3,13H2,1-2H3. The van der Waals surface area contributed by atoms with Crippen LogP contribution in [0, 0.1) is 6.92 Å². The number of aromatic nitrogens is 1. The van der Waals surface area contributed by atoms with Gasteiger partial charge in [0, 0.05) is 5.39 Å². The number of para-hydroxylation sites is 1. The maximum Gasteiger partial charge on any atom is 0.296 e. The maximum atomic E-state index is 13.6. The molecule has 5 aromatic rings. The summed E-state index contributed by atoms with van der Waals surface area (Å²) in [4.78, 5) is 19.9. The number of anilines is 1. The summed E-state index contributed by atoms with van der Waals surface area (Å²) >= 11 is 7.77. The number of carbonyl (C=O) groups is 1. The summed E-state index contributed by atoms with van der Waals surface area (Å²) < 4.78 is 18.0. The number of nitrogens with zero attached hydrogens (tertiary/aromatic N) is 2. The number of hydrogen-bond acceptors (Lipinski definition) is 6. The van der Waals surface area contributed by atoms with Crippen LogP contribution in [0.2, 0.25) is 5.02 Å². The molecule has 0 unspecified atom stereocenters. The monoisotopic (exact) mass is 466 g/mol. The van der Waals surface area contributed by atoms with Crippen molar-refractivity contribution in [1.82, 2.24) is 4.98 Å². The van der Waals surface area contributed by atoms with Crippen LogP contribution in [0.5, 0.6) is 5.75 Å². The zero-order chi connectivity index (χ0) is 22.2. The molecular weight excluding hydrogens is 448 g/mol. The Balaban J connectivity index is 1.60. The Morgan fingerprint density at radius 3 is 2.84 bits per heavy atom. The van der Waals surface area contributed by atoms with Crippen molar-refractivity contribution >= 4 is 55.2 Å². The van der Waals surface area contributed by atoms with Gasteiger partial charge in [0.05, 0.1) is 34.7 Å². The average Bonchev–Trinajstić information content (AvgIpc) is 3.54. The zero-order valence-electron chi connectivity index (χ0n) is 17.4. The number of aryl methyl sites for hydroxylation is 1. The minimum Gasteiger partial charge on any atom is -0.490 e. The van der Waals surface area contributed by atoms with Gasteiger partial charge in [-0.1, -0.05) is 41.1 Å². The van der Waals surface area contributed by atoms with Crippen LogP contribution in [0.15, 0.2) is 63.6 Å². The highest BCUT2D eigenvalue weighted by Gasteiger charge is 2.27. The van der Waals surface area contributed by atoms with Crippen LogP contribution in [0.3, 0.4) is 0 Å². The Morgan fingerprint density at radius 1 is 1.22 bits per heavy atom. The van der Waals surface area contributed by atoms with E-state index in [4.69, 9.17) is 30.2 Å². The largest absolute Gasteiger partial charge is 0.490 e. The second kappa shape index (κ2) is 8.33. The third-order valence-electron chi connectivity index (χ3n) is 5.07. The quantitative estimate of drug-likeness (QED) is 0.274. The van der Waals surface area contributed by atoms with Crippen molar-refractivity contribution in [1.29, 1.82) is 0 Å². The van der Waals surface area contributed by atoms with Gasteiger partial charge in [-0.2, -0.15) is 0 Å². The van der Waals surface area contributed by atoms with Gasteiger partial charge in [-0.3, -0.25) is 9.69 Å². The fraction of sp³-hybridized carbons (Fsp3) is 0.167. The van der Waals surface area contributed by atoms with Crippen molar-refractivity contribution < 1.29 is 18.4 Å². The second-order valence-electron chi connectivity index (χ2n) is 7.23. The fourth-order valence-corrected chi connectivity index (χ4v) is 4.85. The van der Waals surface area contributed by atoms with Crippen LogP contribution >= 0.6 is 22.9 Å². The molecule has 0 spiro atoms. The first-order chi connectivity index (χ1) is 15.5. The van der Waals surface area contributed by atoms with E-state index in [1.54, 1.807) is 23.3 Å². The normalized spacial score (nSPS) is 11.3. The molecule has 3 heterocycles. The molecule has 3 aromatic heterocycles. The van der Waals surface area contributed by atoms with E-state index in [-0.39, 0.29) is 18.2 Å². The molecular formula is C24H19ClN2O4S. The number of rotatable bonds is 6. The number of carbonyl (C=O) groups excluding carboxylic acids is 1. The minimum atomic E-state index is -0.326. The molecule has 0 aliphatic rings. The molecule has 0 bridgehead atoms. The van der Waals surface area contributed by atoms with Gasteiger partial charge in [0.1, 0.15) is 5.76 Å². The van der Waals surface area contributed by atoms with Crippen molar-refractivity contribution in [2.75, 3.05) is 11.5 Å². The van der Waals surface area contributed by atoms with Crippen LogP contribution in [0.25, 0.3) is 21.2 Å². The predicted octanol–water partition coefficient (Wildman–Crippen LogP) is 6.84. The van der Waals surface area contributed by atoms with E-state index in [9.17, 15) is 4.79 Å². The molecule has 0 saturated carbocycles. The number of halogens is 1. The van der Waals surface area contributed by atoms with Gasteiger partial charge >= 0.3 is 0 Å². The van der Waals surface area contributed by atoms with Gasteiger partial charge < -0.3 is 13.6 Å². The van der Waals surface area contributed by atoms with E-state index in [0.29, 0.717) is 33.9 Å². The molecule has 0 fully saturated rings. The van der Waals surface area contributed by atoms with E-state index in [1.165, 1.54) is 11.3 Å². The highest BCUT2D eigenvalue weighted by molar-refractivity contribution is 7.23. The summed E-state index contributed by atoms with van der Waals surface area (Å²) in [6, 6.07) is 14.7. The summed E-state index contributed by atoms with van der Waals surface area (Å²) in [5.74, 6) is 1.10. The Morgan fingerprint density at radius 2 is 2.09 bits per heavy atom. The van der Waals surface area contributed by atoms with Crippen molar-refractivity contribution in [3.8, 4) is 5.75 Å². The average molecular weight is 467 g/mol. The lowest BCUT2D eigenvalue weighted by molar-refractivity contribution is 0.0958. The highest BCUT2D eigenvalue weighted by Crippen LogP contribution is 2.37. The van der Waals surface area contributed by atoms with Crippen molar-refractivity contribution in [3.63, 3.8) is 0 Å². The van der Waals surface area contributed by atoms with Crippen LogP contribution in [0.1, 0.15) is 28.8 Å². The molecule has 0 aliphatic heterocycles. The number of furan rings is 2. The molecule has 6 nitrogen and oxygen atoms in total. The lowest BCUT2D eigenvalue weighted by atomic mass is 10.2. The molecule has 8 heteroatoms. The minimum absolute atomic E-state index is 0.195. The van der Waals surface area contributed by atoms with Crippen LogP contribution < -0.4 is 9.64 Å².